The van der Waals surface area contributed by atoms with Crippen LogP contribution in [0.4, 0.5) is 16.3 Å². The molecule has 116 valence electrons. The lowest BCUT2D eigenvalue weighted by Gasteiger charge is -2.36. The number of aromatic nitrogens is 2. The van der Waals surface area contributed by atoms with Crippen LogP contribution in [0, 0.1) is 0 Å². The molecule has 2 aromatic rings. The smallest absolute Gasteiger partial charge is 0.323 e. The van der Waals surface area contributed by atoms with Crippen molar-refractivity contribution in [3.8, 4) is 0 Å². The molecule has 0 radical (unpaired) electrons. The number of aryl methyl sites for hydroxylation is 1. The van der Waals surface area contributed by atoms with E-state index in [0.717, 1.165) is 23.8 Å². The monoisotopic (exact) mass is 319 g/mol. The number of amides is 2. The first-order valence-electron chi connectivity index (χ1n) is 7.18. The molecule has 1 aliphatic rings. The normalized spacial score (nSPS) is 15.0. The van der Waals surface area contributed by atoms with E-state index in [9.17, 15) is 4.79 Å². The minimum absolute atomic E-state index is 0.107. The van der Waals surface area contributed by atoms with E-state index in [1.165, 1.54) is 0 Å². The summed E-state index contributed by atoms with van der Waals surface area (Å²) < 4.78 is 1.66. The minimum atomic E-state index is -0.107. The lowest BCUT2D eigenvalue weighted by molar-refractivity contribution is 0.208. The van der Waals surface area contributed by atoms with Crippen LogP contribution in [0.5, 0.6) is 0 Å². The van der Waals surface area contributed by atoms with Gasteiger partial charge in [0.15, 0.2) is 5.82 Å². The minimum Gasteiger partial charge on any atom is -0.368 e. The summed E-state index contributed by atoms with van der Waals surface area (Å²) in [7, 11) is 1.82. The fourth-order valence-corrected chi connectivity index (χ4v) is 2.70. The number of anilines is 2. The highest BCUT2D eigenvalue weighted by molar-refractivity contribution is 6.30. The van der Waals surface area contributed by atoms with Gasteiger partial charge in [0, 0.05) is 56.2 Å². The molecule has 3 rings (SSSR count). The third-order valence-electron chi connectivity index (χ3n) is 3.69. The predicted molar refractivity (Wildman–Crippen MR) is 87.5 cm³/mol. The predicted octanol–water partition coefficient (Wildman–Crippen LogP) is 2.43. The maximum Gasteiger partial charge on any atom is 0.323 e. The molecule has 1 fully saturated rings. The quantitative estimate of drug-likeness (QED) is 0.925. The molecule has 1 N–H and O–H groups in total. The number of hydrogen-bond donors (Lipinski definition) is 1. The number of benzene rings is 1. The van der Waals surface area contributed by atoms with Crippen molar-refractivity contribution in [3.05, 3.63) is 41.6 Å². The molecule has 6 nitrogen and oxygen atoms in total. The molecule has 1 aliphatic heterocycles. The van der Waals surface area contributed by atoms with Crippen LogP contribution in [-0.4, -0.2) is 46.9 Å². The van der Waals surface area contributed by atoms with Crippen LogP contribution in [0.25, 0.3) is 0 Å². The topological polar surface area (TPSA) is 53.4 Å². The number of nitrogens with zero attached hydrogens (tertiary/aromatic N) is 4. The molecule has 2 heterocycles. The van der Waals surface area contributed by atoms with E-state index in [1.807, 2.05) is 31.3 Å². The fourth-order valence-electron chi connectivity index (χ4n) is 2.51. The van der Waals surface area contributed by atoms with Crippen molar-refractivity contribution in [2.75, 3.05) is 36.4 Å². The Hall–Kier alpha value is -2.21. The van der Waals surface area contributed by atoms with Gasteiger partial charge in [0.2, 0.25) is 0 Å². The zero-order valence-corrected chi connectivity index (χ0v) is 13.1. The maximum absolute atomic E-state index is 12.2. The van der Waals surface area contributed by atoms with Gasteiger partial charge in [0.1, 0.15) is 0 Å². The van der Waals surface area contributed by atoms with E-state index in [2.05, 4.69) is 15.3 Å². The Morgan fingerprint density at radius 3 is 2.64 bits per heavy atom. The Kier molecular flexibility index (Phi) is 4.20. The first-order chi connectivity index (χ1) is 10.6. The summed E-state index contributed by atoms with van der Waals surface area (Å²) in [4.78, 5) is 16.2. The summed E-state index contributed by atoms with van der Waals surface area (Å²) in [5.74, 6) is 0.574. The van der Waals surface area contributed by atoms with Crippen molar-refractivity contribution < 1.29 is 4.79 Å². The van der Waals surface area contributed by atoms with E-state index >= 15 is 0 Å². The van der Waals surface area contributed by atoms with Crippen LogP contribution in [0.1, 0.15) is 0 Å². The summed E-state index contributed by atoms with van der Waals surface area (Å²) in [6, 6.07) is 9.46. The third kappa shape index (κ3) is 3.33. The number of carbonyl (C=O) groups excluding carboxylic acids is 1. The van der Waals surface area contributed by atoms with Crippen LogP contribution in [0.2, 0.25) is 5.02 Å². The molecule has 2 amide bonds. The molecular formula is C15H18ClN5O. The Bertz CT molecular complexity index is 663. The highest BCUT2D eigenvalue weighted by Gasteiger charge is 2.21. The fraction of sp³-hybridized carbons (Fsp3) is 0.333. The third-order valence-corrected chi connectivity index (χ3v) is 3.92. The highest BCUT2D eigenvalue weighted by Crippen LogP contribution is 2.20. The number of halogens is 1. The van der Waals surface area contributed by atoms with Crippen molar-refractivity contribution in [3.63, 3.8) is 0 Å². The Morgan fingerprint density at radius 2 is 2.00 bits per heavy atom. The molecule has 1 aromatic carbocycles. The molecule has 0 saturated carbocycles. The molecule has 0 atom stereocenters. The number of piperazine rings is 1. The first-order valence-corrected chi connectivity index (χ1v) is 7.56. The highest BCUT2D eigenvalue weighted by atomic mass is 35.5. The van der Waals surface area contributed by atoms with Crippen molar-refractivity contribution in [1.82, 2.24) is 14.7 Å². The van der Waals surface area contributed by atoms with E-state index in [1.54, 1.807) is 21.8 Å². The van der Waals surface area contributed by atoms with E-state index in [-0.39, 0.29) is 6.03 Å². The molecule has 1 aromatic heterocycles. The van der Waals surface area contributed by atoms with Crippen molar-refractivity contribution in [2.24, 2.45) is 7.05 Å². The Balaban J connectivity index is 1.56. The van der Waals surface area contributed by atoms with E-state index < -0.39 is 0 Å². The van der Waals surface area contributed by atoms with Crippen LogP contribution < -0.4 is 10.2 Å². The van der Waals surface area contributed by atoms with E-state index in [0.29, 0.717) is 18.9 Å². The SMILES string of the molecule is Cn1ccc(NC(=O)N2CCN(c3cccc(Cl)c3)CC2)n1. The van der Waals surface area contributed by atoms with Crippen LogP contribution in [-0.2, 0) is 7.05 Å². The van der Waals surface area contributed by atoms with Gasteiger partial charge < -0.3 is 9.80 Å². The zero-order chi connectivity index (χ0) is 15.5. The lowest BCUT2D eigenvalue weighted by atomic mass is 10.2. The Labute approximate surface area is 134 Å². The van der Waals surface area contributed by atoms with Gasteiger partial charge >= 0.3 is 6.03 Å². The summed E-state index contributed by atoms with van der Waals surface area (Å²) in [6.07, 6.45) is 1.80. The second kappa shape index (κ2) is 6.27. The van der Waals surface area contributed by atoms with Crippen molar-refractivity contribution >= 4 is 29.1 Å². The van der Waals surface area contributed by atoms with Gasteiger partial charge in [-0.15, -0.1) is 0 Å². The number of rotatable bonds is 2. The molecule has 0 spiro atoms. The number of urea groups is 1. The first kappa shape index (κ1) is 14.7. The molecule has 1 saturated heterocycles. The van der Waals surface area contributed by atoms with Gasteiger partial charge in [-0.3, -0.25) is 10.00 Å². The molecule has 22 heavy (non-hydrogen) atoms. The maximum atomic E-state index is 12.2. The summed E-state index contributed by atoms with van der Waals surface area (Å²) >= 11 is 6.03. The molecule has 0 bridgehead atoms. The second-order valence-corrected chi connectivity index (χ2v) is 5.70. The zero-order valence-electron chi connectivity index (χ0n) is 12.4. The van der Waals surface area contributed by atoms with Crippen LogP contribution in [0.3, 0.4) is 0 Å². The number of nitrogens with one attached hydrogen (secondary N) is 1. The Morgan fingerprint density at radius 1 is 1.23 bits per heavy atom. The second-order valence-electron chi connectivity index (χ2n) is 5.26. The largest absolute Gasteiger partial charge is 0.368 e. The average molecular weight is 320 g/mol. The standard InChI is InChI=1S/C15H18ClN5O/c1-19-6-5-14(18-19)17-15(22)21-9-7-20(8-10-21)13-4-2-3-12(16)11-13/h2-6,11H,7-10H2,1H3,(H,17,18,22). The van der Waals surface area contributed by atoms with Crippen molar-refractivity contribution in [2.45, 2.75) is 0 Å². The van der Waals surface area contributed by atoms with Gasteiger partial charge in [-0.1, -0.05) is 17.7 Å². The van der Waals surface area contributed by atoms with Crippen LogP contribution in [0.15, 0.2) is 36.5 Å². The molecular weight excluding hydrogens is 302 g/mol. The van der Waals surface area contributed by atoms with Gasteiger partial charge in [-0.25, -0.2) is 4.79 Å². The van der Waals surface area contributed by atoms with Gasteiger partial charge in [-0.05, 0) is 18.2 Å². The van der Waals surface area contributed by atoms with Crippen LogP contribution >= 0.6 is 11.6 Å². The summed E-state index contributed by atoms with van der Waals surface area (Å²) in [6.45, 7) is 2.92. The summed E-state index contributed by atoms with van der Waals surface area (Å²) in [5, 5.41) is 7.69. The van der Waals surface area contributed by atoms with E-state index in [4.69, 9.17) is 11.6 Å². The average Bonchev–Trinajstić information content (AvgIpc) is 2.92. The number of carbonyl (C=O) groups is 1. The van der Waals surface area contributed by atoms with Crippen molar-refractivity contribution in [1.29, 1.82) is 0 Å². The van der Waals surface area contributed by atoms with Gasteiger partial charge in [0.25, 0.3) is 0 Å². The van der Waals surface area contributed by atoms with Gasteiger partial charge in [0.05, 0.1) is 0 Å². The lowest BCUT2D eigenvalue weighted by Crippen LogP contribution is -2.50. The molecule has 0 aliphatic carbocycles. The van der Waals surface area contributed by atoms with Gasteiger partial charge in [-0.2, -0.15) is 5.10 Å². The number of hydrogen-bond acceptors (Lipinski definition) is 3. The summed E-state index contributed by atoms with van der Waals surface area (Å²) in [5.41, 5.74) is 1.09. The molecule has 7 heteroatoms. The molecule has 0 unspecified atom stereocenters.